The fourth-order valence-electron chi connectivity index (χ4n) is 2.37. The molecule has 1 aliphatic rings. The highest BCUT2D eigenvalue weighted by atomic mass is 35.5. The van der Waals surface area contributed by atoms with E-state index in [4.69, 9.17) is 32.7 Å². The summed E-state index contributed by atoms with van der Waals surface area (Å²) in [7, 11) is 0. The predicted molar refractivity (Wildman–Crippen MR) is 91.3 cm³/mol. The number of hydrogen-bond donors (Lipinski definition) is 1. The van der Waals surface area contributed by atoms with Crippen LogP contribution < -0.4 is 9.47 Å². The van der Waals surface area contributed by atoms with Crippen molar-refractivity contribution in [2.24, 2.45) is 0 Å². The van der Waals surface area contributed by atoms with Crippen LogP contribution in [0.15, 0.2) is 35.6 Å². The van der Waals surface area contributed by atoms with Crippen molar-refractivity contribution in [2.75, 3.05) is 12.5 Å². The van der Waals surface area contributed by atoms with E-state index in [1.807, 2.05) is 6.07 Å². The van der Waals surface area contributed by atoms with Gasteiger partial charge in [0.05, 0.1) is 16.1 Å². The number of rotatable bonds is 4. The molecule has 0 saturated carbocycles. The molecule has 0 saturated heterocycles. The Bertz CT molecular complexity index is 918. The van der Waals surface area contributed by atoms with Gasteiger partial charge in [-0.3, -0.25) is 4.40 Å². The summed E-state index contributed by atoms with van der Waals surface area (Å²) in [5.74, 6) is 1.72. The number of halogens is 2. The van der Waals surface area contributed by atoms with Crippen molar-refractivity contribution in [1.29, 1.82) is 0 Å². The van der Waals surface area contributed by atoms with E-state index in [0.29, 0.717) is 38.1 Å². The third-order valence-corrected chi connectivity index (χ3v) is 5.05. The van der Waals surface area contributed by atoms with Gasteiger partial charge >= 0.3 is 0 Å². The van der Waals surface area contributed by atoms with E-state index in [2.05, 4.69) is 10.2 Å². The lowest BCUT2D eigenvalue weighted by molar-refractivity contribution is 0.173. The Balaban J connectivity index is 1.52. The molecular weight excluding hydrogens is 373 g/mol. The molecule has 1 atom stereocenters. The zero-order valence-corrected chi connectivity index (χ0v) is 14.5. The molecule has 1 aromatic carbocycles. The SMILES string of the molecule is O[C@@H](CSc1nnc2c(Cl)cc(Cl)cn12)c1ccc2c(c1)OCO2. The molecule has 0 unspecified atom stereocenters. The molecule has 3 heterocycles. The Morgan fingerprint density at radius 3 is 2.92 bits per heavy atom. The summed E-state index contributed by atoms with van der Waals surface area (Å²) >= 11 is 13.5. The lowest BCUT2D eigenvalue weighted by Gasteiger charge is -2.10. The number of hydrogen-bond acceptors (Lipinski definition) is 6. The smallest absolute Gasteiger partial charge is 0.231 e. The monoisotopic (exact) mass is 383 g/mol. The highest BCUT2D eigenvalue weighted by Gasteiger charge is 2.18. The Hall–Kier alpha value is -1.67. The van der Waals surface area contributed by atoms with E-state index in [0.717, 1.165) is 5.56 Å². The second-order valence-electron chi connectivity index (χ2n) is 5.12. The number of benzene rings is 1. The van der Waals surface area contributed by atoms with Gasteiger partial charge in [0.15, 0.2) is 22.3 Å². The van der Waals surface area contributed by atoms with Crippen molar-refractivity contribution >= 4 is 40.6 Å². The first kappa shape index (κ1) is 15.8. The minimum absolute atomic E-state index is 0.205. The number of aliphatic hydroxyl groups is 1. The molecule has 4 rings (SSSR count). The predicted octanol–water partition coefficient (Wildman–Crippen LogP) is 3.59. The molecule has 1 N–H and O–H groups in total. The number of fused-ring (bicyclic) bond motifs is 2. The van der Waals surface area contributed by atoms with Crippen molar-refractivity contribution in [3.63, 3.8) is 0 Å². The number of thioether (sulfide) groups is 1. The Morgan fingerprint density at radius 2 is 2.04 bits per heavy atom. The van der Waals surface area contributed by atoms with E-state index < -0.39 is 6.10 Å². The molecule has 0 fully saturated rings. The fourth-order valence-corrected chi connectivity index (χ4v) is 3.76. The molecule has 1 aliphatic heterocycles. The van der Waals surface area contributed by atoms with Crippen LogP contribution in [-0.2, 0) is 0 Å². The van der Waals surface area contributed by atoms with Gasteiger partial charge in [-0.15, -0.1) is 10.2 Å². The van der Waals surface area contributed by atoms with Gasteiger partial charge in [0.2, 0.25) is 6.79 Å². The van der Waals surface area contributed by atoms with Gasteiger partial charge in [0, 0.05) is 11.9 Å². The molecule has 9 heteroatoms. The molecule has 3 aromatic rings. The fraction of sp³-hybridized carbons (Fsp3) is 0.200. The molecule has 124 valence electrons. The van der Waals surface area contributed by atoms with Crippen molar-refractivity contribution < 1.29 is 14.6 Å². The van der Waals surface area contributed by atoms with E-state index in [9.17, 15) is 5.11 Å². The number of ether oxygens (including phenoxy) is 2. The lowest BCUT2D eigenvalue weighted by atomic mass is 10.1. The third kappa shape index (κ3) is 2.88. The number of pyridine rings is 1. The topological polar surface area (TPSA) is 68.9 Å². The van der Waals surface area contributed by atoms with Crippen LogP contribution in [0.4, 0.5) is 0 Å². The van der Waals surface area contributed by atoms with Crippen molar-refractivity contribution in [3.8, 4) is 11.5 Å². The van der Waals surface area contributed by atoms with Crippen LogP contribution in [0.5, 0.6) is 11.5 Å². The molecular formula is C15H11Cl2N3O3S. The summed E-state index contributed by atoms with van der Waals surface area (Å²) in [6, 6.07) is 7.00. The van der Waals surface area contributed by atoms with Crippen LogP contribution in [0.3, 0.4) is 0 Å². The van der Waals surface area contributed by atoms with Gasteiger partial charge in [-0.2, -0.15) is 0 Å². The highest BCUT2D eigenvalue weighted by Crippen LogP contribution is 2.35. The van der Waals surface area contributed by atoms with Gasteiger partial charge in [0.1, 0.15) is 0 Å². The largest absolute Gasteiger partial charge is 0.454 e. The zero-order valence-electron chi connectivity index (χ0n) is 12.1. The van der Waals surface area contributed by atoms with Crippen LogP contribution in [0.1, 0.15) is 11.7 Å². The summed E-state index contributed by atoms with van der Waals surface area (Å²) in [6.45, 7) is 0.205. The van der Waals surface area contributed by atoms with Crippen molar-refractivity contribution in [3.05, 3.63) is 46.1 Å². The summed E-state index contributed by atoms with van der Waals surface area (Å²) in [4.78, 5) is 0. The number of aromatic nitrogens is 3. The van der Waals surface area contributed by atoms with E-state index in [1.54, 1.807) is 28.8 Å². The van der Waals surface area contributed by atoms with Crippen LogP contribution in [0, 0.1) is 0 Å². The van der Waals surface area contributed by atoms with Gasteiger partial charge in [-0.05, 0) is 23.8 Å². The number of aliphatic hydroxyl groups excluding tert-OH is 1. The molecule has 24 heavy (non-hydrogen) atoms. The van der Waals surface area contributed by atoms with Gasteiger partial charge in [0.25, 0.3) is 0 Å². The van der Waals surface area contributed by atoms with E-state index in [-0.39, 0.29) is 6.79 Å². The van der Waals surface area contributed by atoms with Gasteiger partial charge in [-0.1, -0.05) is 41.0 Å². The molecule has 0 bridgehead atoms. The Morgan fingerprint density at radius 1 is 1.21 bits per heavy atom. The summed E-state index contributed by atoms with van der Waals surface area (Å²) in [5.41, 5.74) is 1.28. The molecule has 0 amide bonds. The second kappa shape index (κ2) is 6.33. The van der Waals surface area contributed by atoms with Crippen LogP contribution in [0.25, 0.3) is 5.65 Å². The first-order chi connectivity index (χ1) is 11.6. The van der Waals surface area contributed by atoms with E-state index >= 15 is 0 Å². The second-order valence-corrected chi connectivity index (χ2v) is 6.95. The average molecular weight is 384 g/mol. The standard InChI is InChI=1S/C15H11Cl2N3O3S/c16-9-4-10(17)14-18-19-15(20(14)5-9)24-6-11(21)8-1-2-12-13(3-8)23-7-22-12/h1-5,11,21H,6-7H2/t11-/m0/s1. The Labute approximate surface area is 151 Å². The van der Waals surface area contributed by atoms with Gasteiger partial charge in [-0.25, -0.2) is 0 Å². The third-order valence-electron chi connectivity index (χ3n) is 3.55. The molecule has 0 radical (unpaired) electrons. The maximum absolute atomic E-state index is 10.4. The molecule has 6 nitrogen and oxygen atoms in total. The van der Waals surface area contributed by atoms with Crippen molar-refractivity contribution in [2.45, 2.75) is 11.3 Å². The quantitative estimate of drug-likeness (QED) is 0.694. The van der Waals surface area contributed by atoms with Gasteiger partial charge < -0.3 is 14.6 Å². The summed E-state index contributed by atoms with van der Waals surface area (Å²) in [6.07, 6.45) is 1.00. The van der Waals surface area contributed by atoms with Crippen LogP contribution in [0.2, 0.25) is 10.0 Å². The normalized spacial score (nSPS) is 14.3. The van der Waals surface area contributed by atoms with Crippen LogP contribution in [-0.4, -0.2) is 32.3 Å². The minimum Gasteiger partial charge on any atom is -0.454 e. The lowest BCUT2D eigenvalue weighted by Crippen LogP contribution is -2.01. The Kier molecular flexibility index (Phi) is 4.17. The first-order valence-corrected chi connectivity index (χ1v) is 8.76. The average Bonchev–Trinajstić information content (AvgIpc) is 3.18. The highest BCUT2D eigenvalue weighted by molar-refractivity contribution is 7.99. The summed E-state index contributed by atoms with van der Waals surface area (Å²) < 4.78 is 12.3. The van der Waals surface area contributed by atoms with Crippen LogP contribution >= 0.6 is 35.0 Å². The molecule has 0 spiro atoms. The van der Waals surface area contributed by atoms with Crippen molar-refractivity contribution in [1.82, 2.24) is 14.6 Å². The zero-order chi connectivity index (χ0) is 16.7. The maximum atomic E-state index is 10.4. The first-order valence-electron chi connectivity index (χ1n) is 7.02. The maximum Gasteiger partial charge on any atom is 0.231 e. The molecule has 0 aliphatic carbocycles. The summed E-state index contributed by atoms with van der Waals surface area (Å²) in [5, 5.41) is 20.1. The molecule has 2 aromatic heterocycles. The van der Waals surface area contributed by atoms with E-state index in [1.165, 1.54) is 11.8 Å². The minimum atomic E-state index is -0.688. The number of nitrogens with zero attached hydrogens (tertiary/aromatic N) is 3.